The normalized spacial score (nSPS) is 26.4. The van der Waals surface area contributed by atoms with Crippen molar-refractivity contribution < 1.29 is 27.8 Å². The summed E-state index contributed by atoms with van der Waals surface area (Å²) in [6.45, 7) is 13.8. The Balaban J connectivity index is 1.68. The molecule has 2 aliphatic rings. The van der Waals surface area contributed by atoms with Gasteiger partial charge in [0.2, 0.25) is 12.2 Å². The number of fused-ring (bicyclic) bond motifs is 1. The first-order chi connectivity index (χ1) is 19.1. The van der Waals surface area contributed by atoms with Crippen molar-refractivity contribution in [3.05, 3.63) is 71.8 Å². The van der Waals surface area contributed by atoms with Crippen LogP contribution in [0.4, 0.5) is 0 Å². The van der Waals surface area contributed by atoms with Gasteiger partial charge in [0.25, 0.3) is 3.79 Å². The standard InChI is InChI=1S/C30H40Cl3NO6Si/c1-28(2,3)41(29(4,5)6)39-22(19-35-17-20-13-9-7-10-14-20)23-24(40-41)25(36-18-21-15-11-8-12-16-21)26(37-23)38-27(34)30(31,32)33/h7-16,22-26,34H,17-19H2,1-6H3/t22-,23+,24+,25-,26+/m1/s1. The summed E-state index contributed by atoms with van der Waals surface area (Å²) in [5.41, 5.74) is 2.02. The first kappa shape index (κ1) is 32.7. The topological polar surface area (TPSA) is 79.2 Å². The number of hydrogen-bond donors (Lipinski definition) is 1. The van der Waals surface area contributed by atoms with E-state index < -0.39 is 49.0 Å². The molecule has 2 aromatic rings. The highest BCUT2D eigenvalue weighted by Gasteiger charge is 2.68. The van der Waals surface area contributed by atoms with Crippen LogP contribution >= 0.6 is 34.8 Å². The summed E-state index contributed by atoms with van der Waals surface area (Å²) in [5, 5.41) is 7.61. The highest BCUT2D eigenvalue weighted by molar-refractivity contribution is 6.76. The van der Waals surface area contributed by atoms with Crippen LogP contribution in [-0.4, -0.2) is 55.6 Å². The largest absolute Gasteiger partial charge is 0.445 e. The van der Waals surface area contributed by atoms with Gasteiger partial charge in [-0.3, -0.25) is 5.41 Å². The SMILES string of the molecule is CC(C)(C)[Si]1(C(C)(C)C)O[C@H]2[C@@H](O[C@@H](OC(=N)C(Cl)(Cl)Cl)[C@@H]2OCc2ccccc2)[C@@H](COCc2ccccc2)O1. The molecule has 41 heavy (non-hydrogen) atoms. The van der Waals surface area contributed by atoms with Gasteiger partial charge < -0.3 is 27.8 Å². The third-order valence-electron chi connectivity index (χ3n) is 7.34. The van der Waals surface area contributed by atoms with Gasteiger partial charge in [0.1, 0.15) is 18.3 Å². The van der Waals surface area contributed by atoms with E-state index in [4.69, 9.17) is 68.0 Å². The Morgan fingerprint density at radius 1 is 0.805 bits per heavy atom. The van der Waals surface area contributed by atoms with Gasteiger partial charge in [-0.05, 0) is 11.1 Å². The molecule has 0 bridgehead atoms. The Hall–Kier alpha value is -1.20. The molecule has 7 nitrogen and oxygen atoms in total. The van der Waals surface area contributed by atoms with Gasteiger partial charge in [0.05, 0.1) is 25.9 Å². The van der Waals surface area contributed by atoms with E-state index in [1.807, 2.05) is 60.7 Å². The van der Waals surface area contributed by atoms with Crippen LogP contribution in [0.2, 0.25) is 10.1 Å². The average molecular weight is 645 g/mol. The number of ether oxygens (including phenoxy) is 4. The second kappa shape index (κ2) is 12.8. The summed E-state index contributed by atoms with van der Waals surface area (Å²) in [6.07, 6.45) is -3.46. The van der Waals surface area contributed by atoms with Crippen LogP contribution in [-0.2, 0) is 41.0 Å². The molecule has 0 unspecified atom stereocenters. The molecule has 226 valence electrons. The molecule has 11 heteroatoms. The fourth-order valence-corrected chi connectivity index (χ4v) is 10.8. The van der Waals surface area contributed by atoms with Crippen molar-refractivity contribution in [2.24, 2.45) is 0 Å². The maximum absolute atomic E-state index is 8.24. The second-order valence-corrected chi connectivity index (χ2v) is 19.5. The van der Waals surface area contributed by atoms with Crippen molar-refractivity contribution in [3.8, 4) is 0 Å². The van der Waals surface area contributed by atoms with E-state index in [1.54, 1.807) is 0 Å². The molecule has 0 amide bonds. The quantitative estimate of drug-likeness (QED) is 0.137. The molecule has 5 atom stereocenters. The predicted molar refractivity (Wildman–Crippen MR) is 164 cm³/mol. The molecule has 2 saturated heterocycles. The third-order valence-corrected chi connectivity index (χ3v) is 13.0. The molecule has 2 fully saturated rings. The third kappa shape index (κ3) is 7.48. The Morgan fingerprint density at radius 2 is 1.34 bits per heavy atom. The Bertz CT molecular complexity index is 1140. The highest BCUT2D eigenvalue weighted by atomic mass is 35.6. The van der Waals surface area contributed by atoms with Gasteiger partial charge in [-0.1, -0.05) is 137 Å². The van der Waals surface area contributed by atoms with Crippen LogP contribution in [0.5, 0.6) is 0 Å². The zero-order valence-electron chi connectivity index (χ0n) is 24.4. The molecule has 0 saturated carbocycles. The molecule has 2 aliphatic heterocycles. The number of benzene rings is 2. The van der Waals surface area contributed by atoms with Crippen molar-refractivity contribution in [2.75, 3.05) is 6.61 Å². The average Bonchev–Trinajstić information content (AvgIpc) is 3.23. The molecule has 0 aromatic heterocycles. The van der Waals surface area contributed by atoms with E-state index in [9.17, 15) is 0 Å². The summed E-state index contributed by atoms with van der Waals surface area (Å²) in [6, 6.07) is 19.7. The van der Waals surface area contributed by atoms with Crippen LogP contribution in [0.3, 0.4) is 0 Å². The Morgan fingerprint density at radius 3 is 1.85 bits per heavy atom. The van der Waals surface area contributed by atoms with E-state index in [0.29, 0.717) is 6.61 Å². The molecule has 0 aliphatic carbocycles. The molecule has 0 radical (unpaired) electrons. The maximum Gasteiger partial charge on any atom is 0.350 e. The van der Waals surface area contributed by atoms with Crippen molar-refractivity contribution in [3.63, 3.8) is 0 Å². The van der Waals surface area contributed by atoms with Crippen molar-refractivity contribution in [1.82, 2.24) is 0 Å². The zero-order valence-corrected chi connectivity index (χ0v) is 27.6. The lowest BCUT2D eigenvalue weighted by Gasteiger charge is -2.56. The lowest BCUT2D eigenvalue weighted by atomic mass is 10.1. The van der Waals surface area contributed by atoms with Gasteiger partial charge >= 0.3 is 8.56 Å². The summed E-state index contributed by atoms with van der Waals surface area (Å²) in [5.74, 6) is -0.563. The highest BCUT2D eigenvalue weighted by Crippen LogP contribution is 2.57. The van der Waals surface area contributed by atoms with Crippen LogP contribution < -0.4 is 0 Å². The summed E-state index contributed by atoms with van der Waals surface area (Å²) < 4.78 is 36.9. The van der Waals surface area contributed by atoms with E-state index in [-0.39, 0.29) is 23.3 Å². The van der Waals surface area contributed by atoms with Crippen molar-refractivity contribution in [1.29, 1.82) is 5.41 Å². The molecule has 0 spiro atoms. The fourth-order valence-electron chi connectivity index (χ4n) is 5.63. The maximum atomic E-state index is 8.24. The van der Waals surface area contributed by atoms with Crippen molar-refractivity contribution >= 4 is 49.3 Å². The minimum absolute atomic E-state index is 0.264. The van der Waals surface area contributed by atoms with Gasteiger partial charge in [-0.25, -0.2) is 0 Å². The van der Waals surface area contributed by atoms with Gasteiger partial charge in [0, 0.05) is 10.1 Å². The molecule has 1 N–H and O–H groups in total. The number of hydrogen-bond acceptors (Lipinski definition) is 7. The van der Waals surface area contributed by atoms with Crippen LogP contribution in [0, 0.1) is 5.41 Å². The number of nitrogens with one attached hydrogen (secondary N) is 1. The minimum atomic E-state index is -3.05. The lowest BCUT2D eigenvalue weighted by molar-refractivity contribution is -0.163. The van der Waals surface area contributed by atoms with Crippen LogP contribution in [0.15, 0.2) is 60.7 Å². The smallest absolute Gasteiger partial charge is 0.350 e. The number of rotatable bonds is 8. The molecular formula is C30H40Cl3NO6Si. The predicted octanol–water partition coefficient (Wildman–Crippen LogP) is 7.70. The number of halogens is 3. The summed E-state index contributed by atoms with van der Waals surface area (Å²) >= 11 is 17.9. The van der Waals surface area contributed by atoms with E-state index in [0.717, 1.165) is 11.1 Å². The van der Waals surface area contributed by atoms with E-state index in [1.165, 1.54) is 0 Å². The Labute approximate surface area is 259 Å². The first-order valence-electron chi connectivity index (χ1n) is 13.7. The molecule has 2 aromatic carbocycles. The monoisotopic (exact) mass is 643 g/mol. The zero-order chi connectivity index (χ0) is 30.1. The van der Waals surface area contributed by atoms with Crippen LogP contribution in [0.25, 0.3) is 0 Å². The van der Waals surface area contributed by atoms with E-state index >= 15 is 0 Å². The van der Waals surface area contributed by atoms with E-state index in [2.05, 4.69) is 41.5 Å². The minimum Gasteiger partial charge on any atom is -0.445 e. The number of alkyl halides is 3. The fraction of sp³-hybridized carbons (Fsp3) is 0.567. The lowest BCUT2D eigenvalue weighted by Crippen LogP contribution is -2.68. The Kier molecular flexibility index (Phi) is 10.2. The van der Waals surface area contributed by atoms with Gasteiger partial charge in [-0.15, -0.1) is 0 Å². The second-order valence-electron chi connectivity index (χ2n) is 12.5. The first-order valence-corrected chi connectivity index (χ1v) is 16.7. The summed E-state index contributed by atoms with van der Waals surface area (Å²) in [4.78, 5) is 0. The van der Waals surface area contributed by atoms with Gasteiger partial charge in [0.15, 0.2) is 0 Å². The van der Waals surface area contributed by atoms with Gasteiger partial charge in [-0.2, -0.15) is 0 Å². The molecule has 4 rings (SSSR count). The van der Waals surface area contributed by atoms with Crippen molar-refractivity contribution in [2.45, 2.75) is 99.3 Å². The molecule has 2 heterocycles. The van der Waals surface area contributed by atoms with Crippen LogP contribution in [0.1, 0.15) is 52.7 Å². The molecular weight excluding hydrogens is 605 g/mol. The summed E-state index contributed by atoms with van der Waals surface area (Å²) in [7, 11) is -3.05.